The van der Waals surface area contributed by atoms with Crippen LogP contribution < -0.4 is 0 Å². The molecule has 0 fully saturated rings. The van der Waals surface area contributed by atoms with E-state index in [1.54, 1.807) is 0 Å². The van der Waals surface area contributed by atoms with Crippen LogP contribution in [0.4, 0.5) is 162 Å². The highest BCUT2D eigenvalue weighted by molar-refractivity contribution is 5.68. The summed E-state index contributed by atoms with van der Waals surface area (Å²) in [4.78, 5) is 22.7. The van der Waals surface area contributed by atoms with Crippen LogP contribution in [0.2, 0.25) is 0 Å². The lowest BCUT2D eigenvalue weighted by molar-refractivity contribution is -0.912. The van der Waals surface area contributed by atoms with Gasteiger partial charge in [0.05, 0.1) is 33.2 Å². The van der Waals surface area contributed by atoms with E-state index in [-0.39, 0.29) is 6.92 Å². The van der Waals surface area contributed by atoms with Crippen molar-refractivity contribution >= 4 is 11.9 Å². The number of hydrogen-bond donors (Lipinski definition) is 3. The van der Waals surface area contributed by atoms with Gasteiger partial charge in [0, 0.05) is 6.92 Å². The first-order chi connectivity index (χ1) is 31.1. The first-order valence-corrected chi connectivity index (χ1v) is 17.0. The molecule has 0 radical (unpaired) electrons. The number of carboxylic acid groups (broad SMARTS) is 1. The Balaban J connectivity index is 8.13. The molecule has 0 bridgehead atoms. The number of halogens is 37. The van der Waals surface area contributed by atoms with Crippen molar-refractivity contribution in [2.75, 3.05) is 33.9 Å². The van der Waals surface area contributed by atoms with Crippen LogP contribution in [0.5, 0.6) is 0 Å². The Bertz CT molecular complexity index is 1990. The normalized spacial score (nSPS) is 17.6. The van der Waals surface area contributed by atoms with Crippen LogP contribution in [0.3, 0.4) is 0 Å². The predicted octanol–water partition coefficient (Wildman–Crippen LogP) is 10.4. The molecule has 436 valence electrons. The summed E-state index contributed by atoms with van der Waals surface area (Å²) in [5.41, 5.74) is 0. The zero-order chi connectivity index (χ0) is 60.2. The number of ether oxygens (including phenoxy) is 1. The lowest BCUT2D eigenvalue weighted by atomic mass is 9.80. The third kappa shape index (κ3) is 9.01. The van der Waals surface area contributed by atoms with E-state index < -0.39 is 161 Å². The Labute approximate surface area is 375 Å². The number of aliphatic carboxylic acids is 1. The molecule has 0 aliphatic carbocycles. The molecular formula is C29H21F37NO6+. The van der Waals surface area contributed by atoms with E-state index in [1.807, 2.05) is 0 Å². The number of rotatable bonds is 25. The minimum absolute atomic E-state index is 0.0203. The Kier molecular flexibility index (Phi) is 17.5. The molecule has 7 nitrogen and oxygen atoms in total. The molecule has 0 amide bonds. The zero-order valence-corrected chi connectivity index (χ0v) is 33.9. The molecule has 0 aromatic carbocycles. The molecule has 44 heteroatoms. The second kappa shape index (κ2) is 18.5. The monoisotopic (exact) mass is 1180 g/mol. The molecule has 0 aliphatic rings. The van der Waals surface area contributed by atoms with Crippen LogP contribution >= 0.6 is 0 Å². The number of nitrogens with zero attached hydrogens (tertiary/aromatic N) is 1. The van der Waals surface area contributed by atoms with Crippen LogP contribution in [-0.4, -0.2) is 185 Å². The molecule has 0 aromatic rings. The van der Waals surface area contributed by atoms with E-state index in [2.05, 4.69) is 4.74 Å². The maximum atomic E-state index is 15.3. The topological polar surface area (TPSA) is 104 Å². The summed E-state index contributed by atoms with van der Waals surface area (Å²) in [6, 6.07) is -2.93. The zero-order valence-electron chi connectivity index (χ0n) is 33.9. The van der Waals surface area contributed by atoms with Gasteiger partial charge in [-0.15, -0.1) is 0 Å². The van der Waals surface area contributed by atoms with Gasteiger partial charge in [-0.2, -0.15) is 162 Å². The number of hydrogen-bond acceptors (Lipinski definition) is 5. The standard InChI is InChI=1S/C29H20F37NO6/c1-7(70)73-11(9(6-69)67(2,3)4-10(71)72)8(5-68)12(30,31)13(32,33)14(34,35)15(36,37)16(38,39)17(40,41)18(42,43)19(44,45)20(46,47)21(48,49)22(50,51)23(52,53)24(54,55)25(56,57)26(58,59)27(60,61)28(62,63)29(64,65)66/h8-9,11,68-69H,4-6H2,1-3H3/p+1. The summed E-state index contributed by atoms with van der Waals surface area (Å²) >= 11 is 0. The summed E-state index contributed by atoms with van der Waals surface area (Å²) in [6.07, 6.45) is -12.3. The summed E-state index contributed by atoms with van der Waals surface area (Å²) in [5.74, 6) is -178. The van der Waals surface area contributed by atoms with Gasteiger partial charge in [-0.1, -0.05) is 0 Å². The maximum absolute atomic E-state index is 15.3. The highest BCUT2D eigenvalue weighted by Gasteiger charge is 3.03. The molecule has 73 heavy (non-hydrogen) atoms. The van der Waals surface area contributed by atoms with Crippen molar-refractivity contribution < 1.29 is 197 Å². The Morgan fingerprint density at radius 2 is 0.589 bits per heavy atom. The molecule has 0 saturated carbocycles. The molecule has 0 saturated heterocycles. The third-order valence-electron chi connectivity index (χ3n) is 10.1. The molecule has 3 N–H and O–H groups in total. The number of carbonyl (C=O) groups excluding carboxylic acids is 1. The molecule has 0 heterocycles. The van der Waals surface area contributed by atoms with E-state index in [0.29, 0.717) is 14.1 Å². The number of aliphatic hydroxyl groups excluding tert-OH is 2. The number of alkyl halides is 37. The predicted molar refractivity (Wildman–Crippen MR) is 152 cm³/mol. The average molecular weight is 1180 g/mol. The quantitative estimate of drug-likeness (QED) is 0.0478. The molecule has 0 aromatic heterocycles. The number of quaternary nitrogens is 1. The van der Waals surface area contributed by atoms with Gasteiger partial charge in [0.15, 0.2) is 18.7 Å². The smallest absolute Gasteiger partial charge is 0.460 e. The highest BCUT2D eigenvalue weighted by Crippen LogP contribution is 2.71. The lowest BCUT2D eigenvalue weighted by Crippen LogP contribution is -2.80. The number of carboxylic acids is 1. The molecular weight excluding hydrogens is 1160 g/mol. The Morgan fingerprint density at radius 3 is 0.753 bits per heavy atom. The van der Waals surface area contributed by atoms with Gasteiger partial charge in [-0.3, -0.25) is 4.79 Å². The molecule has 0 rings (SSSR count). The number of carbonyl (C=O) groups is 2. The van der Waals surface area contributed by atoms with Gasteiger partial charge in [-0.25, -0.2) is 4.79 Å². The lowest BCUT2D eigenvalue weighted by Gasteiger charge is -2.48. The summed E-state index contributed by atoms with van der Waals surface area (Å²) < 4.78 is 522. The maximum Gasteiger partial charge on any atom is 0.460 e. The van der Waals surface area contributed by atoms with Crippen molar-refractivity contribution in [3.8, 4) is 0 Å². The number of esters is 1. The SMILES string of the molecule is CC(=O)OC(C(CO)C(F)(F)C(F)(F)C(F)(F)C(F)(F)C(F)(F)C(F)(F)C(F)(F)C(F)(F)C(F)(F)C(F)(F)C(F)(F)C(F)(F)C(F)(F)C(F)(F)C(F)(F)C(F)(F)C(F)(F)C(F)(F)F)C(CO)[N+](C)(C)CC(=O)O. The first-order valence-electron chi connectivity index (χ1n) is 17.0. The fourth-order valence-electron chi connectivity index (χ4n) is 5.61. The van der Waals surface area contributed by atoms with Crippen molar-refractivity contribution in [3.05, 3.63) is 0 Å². The second-order valence-electron chi connectivity index (χ2n) is 15.3. The molecule has 3 unspecified atom stereocenters. The summed E-state index contributed by atoms with van der Waals surface area (Å²) in [5, 5.41) is 28.0. The van der Waals surface area contributed by atoms with Gasteiger partial charge in [0.25, 0.3) is 0 Å². The summed E-state index contributed by atoms with van der Waals surface area (Å²) in [7, 11) is 0.751. The van der Waals surface area contributed by atoms with Crippen LogP contribution in [0.1, 0.15) is 6.92 Å². The highest BCUT2D eigenvalue weighted by atomic mass is 19.4. The largest absolute Gasteiger partial charge is 0.477 e. The van der Waals surface area contributed by atoms with Crippen LogP contribution in [-0.2, 0) is 14.3 Å². The molecule has 0 spiro atoms. The fraction of sp³-hybridized carbons (Fsp3) is 0.931. The van der Waals surface area contributed by atoms with Gasteiger partial charge >= 0.3 is 119 Å². The molecule has 0 aliphatic heterocycles. The van der Waals surface area contributed by atoms with E-state index in [1.165, 1.54) is 0 Å². The van der Waals surface area contributed by atoms with Crippen molar-refractivity contribution in [2.45, 2.75) is 126 Å². The van der Waals surface area contributed by atoms with Crippen LogP contribution in [0.15, 0.2) is 0 Å². The van der Waals surface area contributed by atoms with Gasteiger partial charge in [-0.05, 0) is 0 Å². The van der Waals surface area contributed by atoms with Crippen LogP contribution in [0, 0.1) is 5.92 Å². The fourth-order valence-corrected chi connectivity index (χ4v) is 5.61. The minimum Gasteiger partial charge on any atom is -0.477 e. The first kappa shape index (κ1) is 69.2. The van der Waals surface area contributed by atoms with Gasteiger partial charge in [0.1, 0.15) is 0 Å². The van der Waals surface area contributed by atoms with Crippen molar-refractivity contribution in [3.63, 3.8) is 0 Å². The van der Waals surface area contributed by atoms with Crippen molar-refractivity contribution in [1.82, 2.24) is 0 Å². The van der Waals surface area contributed by atoms with Gasteiger partial charge < -0.3 is 24.5 Å². The number of likely N-dealkylation sites (N-methyl/N-ethyl adjacent to an activating group) is 1. The molecule has 3 atom stereocenters. The number of aliphatic hydroxyl groups is 2. The third-order valence-corrected chi connectivity index (χ3v) is 10.1. The van der Waals surface area contributed by atoms with Crippen molar-refractivity contribution in [2.24, 2.45) is 5.92 Å². The van der Waals surface area contributed by atoms with Crippen LogP contribution in [0.25, 0.3) is 0 Å². The van der Waals surface area contributed by atoms with E-state index in [4.69, 9.17) is 5.11 Å². The summed E-state index contributed by atoms with van der Waals surface area (Å²) in [6.45, 7) is -6.95. The van der Waals surface area contributed by atoms with Crippen molar-refractivity contribution in [1.29, 1.82) is 0 Å². The van der Waals surface area contributed by atoms with E-state index in [9.17, 15) is 173 Å². The second-order valence-corrected chi connectivity index (χ2v) is 15.3. The van der Waals surface area contributed by atoms with Gasteiger partial charge in [0.2, 0.25) is 0 Å². The average Bonchev–Trinajstić information content (AvgIpc) is 3.15. The minimum atomic E-state index is -10.6. The Morgan fingerprint density at radius 1 is 0.384 bits per heavy atom. The Hall–Kier alpha value is -3.77. The van der Waals surface area contributed by atoms with E-state index in [0.717, 1.165) is 0 Å². The van der Waals surface area contributed by atoms with E-state index >= 15 is 8.78 Å².